The zero-order valence-electron chi connectivity index (χ0n) is 13.1. The lowest BCUT2D eigenvalue weighted by Gasteiger charge is -2.17. The molecule has 1 atom stereocenters. The second-order valence-electron chi connectivity index (χ2n) is 5.38. The molecular formula is C14H22N6S. The molecule has 0 aliphatic carbocycles. The van der Waals surface area contributed by atoms with Crippen molar-refractivity contribution >= 4 is 23.0 Å². The van der Waals surface area contributed by atoms with E-state index in [1.54, 1.807) is 11.3 Å². The molecule has 21 heavy (non-hydrogen) atoms. The predicted molar refractivity (Wildman–Crippen MR) is 87.6 cm³/mol. The van der Waals surface area contributed by atoms with E-state index in [-0.39, 0.29) is 12.0 Å². The maximum absolute atomic E-state index is 5.56. The average Bonchev–Trinajstić information content (AvgIpc) is 2.87. The Hall–Kier alpha value is -1.73. The molecule has 0 saturated carbocycles. The normalized spacial score (nSPS) is 12.5. The van der Waals surface area contributed by atoms with Crippen LogP contribution in [0.3, 0.4) is 0 Å². The van der Waals surface area contributed by atoms with Crippen molar-refractivity contribution in [1.29, 1.82) is 0 Å². The molecule has 114 valence electrons. The quantitative estimate of drug-likeness (QED) is 0.581. The van der Waals surface area contributed by atoms with Gasteiger partial charge in [0.2, 0.25) is 0 Å². The van der Waals surface area contributed by atoms with Gasteiger partial charge in [-0.15, -0.1) is 11.3 Å². The molecule has 2 aromatic heterocycles. The van der Waals surface area contributed by atoms with Gasteiger partial charge in [0.05, 0.1) is 6.04 Å². The molecule has 2 aromatic rings. The molecule has 0 fully saturated rings. The fourth-order valence-corrected chi connectivity index (χ4v) is 2.69. The average molecular weight is 306 g/mol. The summed E-state index contributed by atoms with van der Waals surface area (Å²) in [4.78, 5) is 14.7. The van der Waals surface area contributed by atoms with E-state index < -0.39 is 0 Å². The predicted octanol–water partition coefficient (Wildman–Crippen LogP) is 3.13. The Morgan fingerprint density at radius 2 is 1.81 bits per heavy atom. The van der Waals surface area contributed by atoms with Gasteiger partial charge < -0.3 is 10.7 Å². The summed E-state index contributed by atoms with van der Waals surface area (Å²) in [5.74, 6) is 8.00. The van der Waals surface area contributed by atoms with Gasteiger partial charge in [0.25, 0.3) is 0 Å². The topological polar surface area (TPSA) is 88.8 Å². The summed E-state index contributed by atoms with van der Waals surface area (Å²) >= 11 is 1.68. The molecule has 0 saturated heterocycles. The summed E-state index contributed by atoms with van der Waals surface area (Å²) in [5.41, 5.74) is 3.55. The maximum Gasteiger partial charge on any atom is 0.148 e. The minimum atomic E-state index is 0.0861. The number of nitrogen functional groups attached to an aromatic ring is 1. The Kier molecular flexibility index (Phi) is 4.74. The second-order valence-corrected chi connectivity index (χ2v) is 6.64. The summed E-state index contributed by atoms with van der Waals surface area (Å²) < 4.78 is 0. The third-order valence-corrected chi connectivity index (χ3v) is 4.27. The Morgan fingerprint density at radius 1 is 1.14 bits per heavy atom. The van der Waals surface area contributed by atoms with Crippen LogP contribution in [0.1, 0.15) is 54.0 Å². The molecule has 4 N–H and O–H groups in total. The van der Waals surface area contributed by atoms with E-state index in [1.807, 2.05) is 13.1 Å². The van der Waals surface area contributed by atoms with E-state index in [2.05, 4.69) is 53.4 Å². The Bertz CT molecular complexity index is 622. The number of nitrogens with one attached hydrogen (secondary N) is 2. The van der Waals surface area contributed by atoms with Crippen LogP contribution < -0.4 is 16.6 Å². The number of nitrogens with two attached hydrogens (primary N) is 1. The molecular weight excluding hydrogens is 284 g/mol. The van der Waals surface area contributed by atoms with Crippen LogP contribution in [0.2, 0.25) is 0 Å². The third-order valence-electron chi connectivity index (χ3n) is 3.18. The first-order valence-electron chi connectivity index (χ1n) is 6.96. The first-order chi connectivity index (χ1) is 9.92. The Morgan fingerprint density at radius 3 is 2.33 bits per heavy atom. The minimum absolute atomic E-state index is 0.0861. The molecule has 2 heterocycles. The molecule has 7 heteroatoms. The lowest BCUT2D eigenvalue weighted by Crippen LogP contribution is -2.16. The number of thiazole rings is 1. The van der Waals surface area contributed by atoms with E-state index >= 15 is 0 Å². The van der Waals surface area contributed by atoms with Crippen molar-refractivity contribution in [1.82, 2.24) is 15.0 Å². The van der Waals surface area contributed by atoms with Crippen molar-refractivity contribution in [2.24, 2.45) is 5.84 Å². The monoisotopic (exact) mass is 306 g/mol. The number of rotatable bonds is 5. The fraction of sp³-hybridized carbons (Fsp3) is 0.500. The van der Waals surface area contributed by atoms with Gasteiger partial charge in [0.1, 0.15) is 22.5 Å². The molecule has 1 unspecified atom stereocenters. The highest BCUT2D eigenvalue weighted by molar-refractivity contribution is 7.11. The van der Waals surface area contributed by atoms with Gasteiger partial charge in [-0.2, -0.15) is 0 Å². The smallest absolute Gasteiger partial charge is 0.148 e. The number of hydrogen-bond donors (Lipinski definition) is 3. The van der Waals surface area contributed by atoms with Gasteiger partial charge in [-0.3, -0.25) is 0 Å². The standard InChI is InChI=1S/C14H22N6S/c1-7(2)11-18-12(9(4)13(19-11)20-15)17-10(5)14-16-6-8(3)21-14/h6-7,10H,15H2,1-5H3,(H2,17,18,19,20). The maximum atomic E-state index is 5.56. The van der Waals surface area contributed by atoms with Crippen LogP contribution in [0, 0.1) is 13.8 Å². The number of anilines is 2. The van der Waals surface area contributed by atoms with Crippen LogP contribution in [-0.2, 0) is 0 Å². The van der Waals surface area contributed by atoms with Crippen molar-refractivity contribution in [3.8, 4) is 0 Å². The first-order valence-corrected chi connectivity index (χ1v) is 7.78. The Labute approximate surface area is 129 Å². The van der Waals surface area contributed by atoms with Crippen molar-refractivity contribution < 1.29 is 0 Å². The molecule has 0 bridgehead atoms. The van der Waals surface area contributed by atoms with Gasteiger partial charge in [-0.05, 0) is 20.8 Å². The van der Waals surface area contributed by atoms with Crippen LogP contribution in [0.25, 0.3) is 0 Å². The summed E-state index contributed by atoms with van der Waals surface area (Å²) in [7, 11) is 0. The van der Waals surface area contributed by atoms with Crippen molar-refractivity contribution in [2.45, 2.75) is 46.6 Å². The van der Waals surface area contributed by atoms with Crippen LogP contribution in [0.5, 0.6) is 0 Å². The van der Waals surface area contributed by atoms with Crippen LogP contribution >= 0.6 is 11.3 Å². The molecule has 0 amide bonds. The van der Waals surface area contributed by atoms with Crippen molar-refractivity contribution in [3.05, 3.63) is 27.5 Å². The SMILES string of the molecule is Cc1cnc(C(C)Nc2nc(C(C)C)nc(NN)c2C)s1. The number of hydrogen-bond acceptors (Lipinski definition) is 7. The van der Waals surface area contributed by atoms with E-state index in [1.165, 1.54) is 4.88 Å². The molecule has 0 spiro atoms. The molecule has 2 rings (SSSR count). The zero-order chi connectivity index (χ0) is 15.6. The highest BCUT2D eigenvalue weighted by Gasteiger charge is 2.16. The van der Waals surface area contributed by atoms with Gasteiger partial charge >= 0.3 is 0 Å². The van der Waals surface area contributed by atoms with Gasteiger partial charge in [-0.25, -0.2) is 20.8 Å². The highest BCUT2D eigenvalue weighted by atomic mass is 32.1. The number of aromatic nitrogens is 3. The number of nitrogens with zero attached hydrogens (tertiary/aromatic N) is 3. The molecule has 0 aliphatic rings. The summed E-state index contributed by atoms with van der Waals surface area (Å²) in [5, 5.41) is 4.45. The van der Waals surface area contributed by atoms with Crippen molar-refractivity contribution in [2.75, 3.05) is 10.7 Å². The van der Waals surface area contributed by atoms with E-state index in [0.29, 0.717) is 5.82 Å². The first kappa shape index (κ1) is 15.7. The van der Waals surface area contributed by atoms with Crippen LogP contribution in [0.15, 0.2) is 6.20 Å². The summed E-state index contributed by atoms with van der Waals surface area (Å²) in [6.45, 7) is 10.2. The van der Waals surface area contributed by atoms with Crippen LogP contribution in [-0.4, -0.2) is 15.0 Å². The lowest BCUT2D eigenvalue weighted by atomic mass is 10.2. The largest absolute Gasteiger partial charge is 0.361 e. The van der Waals surface area contributed by atoms with E-state index in [4.69, 9.17) is 5.84 Å². The molecule has 0 aliphatic heterocycles. The molecule has 0 aromatic carbocycles. The lowest BCUT2D eigenvalue weighted by molar-refractivity contribution is 0.765. The summed E-state index contributed by atoms with van der Waals surface area (Å²) in [6, 6.07) is 0.0861. The third kappa shape index (κ3) is 3.48. The van der Waals surface area contributed by atoms with Gasteiger partial charge in [0.15, 0.2) is 0 Å². The van der Waals surface area contributed by atoms with E-state index in [9.17, 15) is 0 Å². The number of hydrazine groups is 1. The summed E-state index contributed by atoms with van der Waals surface area (Å²) in [6.07, 6.45) is 1.89. The van der Waals surface area contributed by atoms with Crippen LogP contribution in [0.4, 0.5) is 11.6 Å². The Balaban J connectivity index is 2.32. The second kappa shape index (κ2) is 6.36. The molecule has 0 radical (unpaired) electrons. The molecule has 6 nitrogen and oxygen atoms in total. The number of aryl methyl sites for hydroxylation is 1. The zero-order valence-corrected chi connectivity index (χ0v) is 13.9. The highest BCUT2D eigenvalue weighted by Crippen LogP contribution is 2.27. The fourth-order valence-electron chi connectivity index (χ4n) is 1.91. The van der Waals surface area contributed by atoms with Gasteiger partial charge in [0, 0.05) is 22.6 Å². The van der Waals surface area contributed by atoms with Gasteiger partial charge in [-0.1, -0.05) is 13.8 Å². The van der Waals surface area contributed by atoms with Crippen molar-refractivity contribution in [3.63, 3.8) is 0 Å². The van der Waals surface area contributed by atoms with E-state index in [0.717, 1.165) is 22.2 Å². The minimum Gasteiger partial charge on any atom is -0.361 e.